The SMILES string of the molecule is CC(Oc1ccc([N+](=O)[O-])cc1)C(=O)NCCNC(=O)C(C)Oc1ccc([N+](=O)[O-])cc1. The number of non-ortho nitro benzene ring substituents is 2. The van der Waals surface area contributed by atoms with Gasteiger partial charge in [-0.2, -0.15) is 0 Å². The maximum absolute atomic E-state index is 12.1. The van der Waals surface area contributed by atoms with Crippen LogP contribution in [0.5, 0.6) is 11.5 Å². The van der Waals surface area contributed by atoms with E-state index in [2.05, 4.69) is 10.6 Å². The van der Waals surface area contributed by atoms with Crippen LogP contribution in [0.3, 0.4) is 0 Å². The molecule has 0 radical (unpaired) electrons. The quantitative estimate of drug-likeness (QED) is 0.301. The van der Waals surface area contributed by atoms with E-state index in [1.54, 1.807) is 0 Å². The highest BCUT2D eigenvalue weighted by Crippen LogP contribution is 2.19. The van der Waals surface area contributed by atoms with Crippen molar-refractivity contribution in [1.82, 2.24) is 10.6 Å². The van der Waals surface area contributed by atoms with Crippen molar-refractivity contribution in [3.8, 4) is 11.5 Å². The highest BCUT2D eigenvalue weighted by molar-refractivity contribution is 5.81. The third-order valence-corrected chi connectivity index (χ3v) is 4.18. The van der Waals surface area contributed by atoms with E-state index < -0.39 is 33.9 Å². The number of nitro benzene ring substituents is 2. The molecule has 2 unspecified atom stereocenters. The number of nitro groups is 2. The second kappa shape index (κ2) is 11.2. The highest BCUT2D eigenvalue weighted by Gasteiger charge is 2.17. The second-order valence-corrected chi connectivity index (χ2v) is 6.60. The van der Waals surface area contributed by atoms with Gasteiger partial charge in [-0.3, -0.25) is 29.8 Å². The minimum atomic E-state index is -0.850. The zero-order chi connectivity index (χ0) is 23.7. The van der Waals surface area contributed by atoms with Crippen molar-refractivity contribution in [1.29, 1.82) is 0 Å². The van der Waals surface area contributed by atoms with E-state index in [1.807, 2.05) is 0 Å². The molecule has 0 heterocycles. The summed E-state index contributed by atoms with van der Waals surface area (Å²) in [4.78, 5) is 44.4. The van der Waals surface area contributed by atoms with Crippen LogP contribution in [0.1, 0.15) is 13.8 Å². The number of ether oxygens (including phenoxy) is 2. The van der Waals surface area contributed by atoms with E-state index in [-0.39, 0.29) is 24.5 Å². The van der Waals surface area contributed by atoms with Crippen molar-refractivity contribution >= 4 is 23.2 Å². The molecule has 32 heavy (non-hydrogen) atoms. The van der Waals surface area contributed by atoms with Crippen LogP contribution in [0.4, 0.5) is 11.4 Å². The Morgan fingerprint density at radius 2 is 1.06 bits per heavy atom. The van der Waals surface area contributed by atoms with Gasteiger partial charge in [0.15, 0.2) is 12.2 Å². The van der Waals surface area contributed by atoms with Crippen LogP contribution in [-0.2, 0) is 9.59 Å². The van der Waals surface area contributed by atoms with Crippen LogP contribution >= 0.6 is 0 Å². The fourth-order valence-corrected chi connectivity index (χ4v) is 2.47. The third-order valence-electron chi connectivity index (χ3n) is 4.18. The third kappa shape index (κ3) is 7.23. The molecule has 2 rings (SSSR count). The van der Waals surface area contributed by atoms with E-state index in [0.29, 0.717) is 11.5 Å². The molecule has 12 heteroatoms. The Hall–Kier alpha value is -4.22. The van der Waals surface area contributed by atoms with Crippen LogP contribution in [0, 0.1) is 20.2 Å². The van der Waals surface area contributed by atoms with Gasteiger partial charge in [0.1, 0.15) is 11.5 Å². The monoisotopic (exact) mass is 446 g/mol. The molecule has 2 atom stereocenters. The molecule has 0 fully saturated rings. The molecule has 0 saturated heterocycles. The van der Waals surface area contributed by atoms with Crippen molar-refractivity contribution in [2.45, 2.75) is 26.1 Å². The normalized spacial score (nSPS) is 12.2. The first kappa shape index (κ1) is 24.1. The zero-order valence-corrected chi connectivity index (χ0v) is 17.3. The first-order valence-corrected chi connectivity index (χ1v) is 9.55. The Labute approximate surface area is 182 Å². The maximum atomic E-state index is 12.1. The molecule has 2 amide bonds. The van der Waals surface area contributed by atoms with Gasteiger partial charge in [-0.05, 0) is 38.1 Å². The summed E-state index contributed by atoms with van der Waals surface area (Å²) >= 11 is 0. The molecule has 2 aromatic carbocycles. The number of hydrogen-bond donors (Lipinski definition) is 2. The number of benzene rings is 2. The Bertz CT molecular complexity index is 883. The number of hydrogen-bond acceptors (Lipinski definition) is 8. The molecule has 0 aliphatic heterocycles. The first-order valence-electron chi connectivity index (χ1n) is 9.55. The average molecular weight is 446 g/mol. The van der Waals surface area contributed by atoms with Crippen molar-refractivity contribution in [3.63, 3.8) is 0 Å². The van der Waals surface area contributed by atoms with Gasteiger partial charge in [0.2, 0.25) is 0 Å². The zero-order valence-electron chi connectivity index (χ0n) is 17.3. The second-order valence-electron chi connectivity index (χ2n) is 6.60. The maximum Gasteiger partial charge on any atom is 0.269 e. The molecule has 0 aromatic heterocycles. The summed E-state index contributed by atoms with van der Waals surface area (Å²) in [5.41, 5.74) is -0.172. The lowest BCUT2D eigenvalue weighted by Crippen LogP contribution is -2.43. The number of nitrogens with one attached hydrogen (secondary N) is 2. The molecule has 0 spiro atoms. The smallest absolute Gasteiger partial charge is 0.269 e. The van der Waals surface area contributed by atoms with Gasteiger partial charge in [-0.15, -0.1) is 0 Å². The number of nitrogens with zero attached hydrogens (tertiary/aromatic N) is 2. The summed E-state index contributed by atoms with van der Waals surface area (Å²) in [6.07, 6.45) is -1.70. The molecule has 0 bridgehead atoms. The van der Waals surface area contributed by atoms with Crippen LogP contribution < -0.4 is 20.1 Å². The molecule has 2 N–H and O–H groups in total. The van der Waals surface area contributed by atoms with E-state index in [1.165, 1.54) is 62.4 Å². The molecular formula is C20H22N4O8. The Balaban J connectivity index is 1.69. The van der Waals surface area contributed by atoms with Gasteiger partial charge >= 0.3 is 0 Å². The molecular weight excluding hydrogens is 424 g/mol. The predicted molar refractivity (Wildman–Crippen MR) is 112 cm³/mol. The van der Waals surface area contributed by atoms with Crippen LogP contribution in [0.2, 0.25) is 0 Å². The molecule has 2 aromatic rings. The number of carbonyl (C=O) groups excluding carboxylic acids is 2. The summed E-state index contributed by atoms with van der Waals surface area (Å²) in [6.45, 7) is 3.33. The lowest BCUT2D eigenvalue weighted by atomic mass is 10.3. The van der Waals surface area contributed by atoms with E-state index in [4.69, 9.17) is 9.47 Å². The van der Waals surface area contributed by atoms with Gasteiger partial charge in [0, 0.05) is 37.4 Å². The summed E-state index contributed by atoms with van der Waals surface area (Å²) in [7, 11) is 0. The minimum absolute atomic E-state index is 0.0861. The largest absolute Gasteiger partial charge is 0.481 e. The topological polar surface area (TPSA) is 163 Å². The lowest BCUT2D eigenvalue weighted by Gasteiger charge is -2.16. The number of amides is 2. The summed E-state index contributed by atoms with van der Waals surface area (Å²) in [5.74, 6) is -0.229. The fourth-order valence-electron chi connectivity index (χ4n) is 2.47. The molecule has 0 saturated carbocycles. The van der Waals surface area contributed by atoms with Crippen molar-refractivity contribution in [3.05, 3.63) is 68.8 Å². The van der Waals surface area contributed by atoms with Crippen molar-refractivity contribution in [2.24, 2.45) is 0 Å². The van der Waals surface area contributed by atoms with Crippen LogP contribution in [0.15, 0.2) is 48.5 Å². The fraction of sp³-hybridized carbons (Fsp3) is 0.300. The summed E-state index contributed by atoms with van der Waals surface area (Å²) in [6, 6.07) is 10.7. The highest BCUT2D eigenvalue weighted by atomic mass is 16.6. The molecule has 0 aliphatic carbocycles. The predicted octanol–water partition coefficient (Wildman–Crippen LogP) is 1.97. The summed E-state index contributed by atoms with van der Waals surface area (Å²) in [5, 5.41) is 26.5. The van der Waals surface area contributed by atoms with Crippen molar-refractivity contribution in [2.75, 3.05) is 13.1 Å². The first-order chi connectivity index (χ1) is 15.2. The number of rotatable bonds is 11. The van der Waals surface area contributed by atoms with Crippen molar-refractivity contribution < 1.29 is 28.9 Å². The molecule has 170 valence electrons. The number of carbonyl (C=O) groups is 2. The Morgan fingerprint density at radius 3 is 1.34 bits per heavy atom. The molecule has 0 aliphatic rings. The van der Waals surface area contributed by atoms with E-state index in [0.717, 1.165) is 0 Å². The van der Waals surface area contributed by atoms with Gasteiger partial charge < -0.3 is 20.1 Å². The van der Waals surface area contributed by atoms with Gasteiger partial charge in [-0.25, -0.2) is 0 Å². The van der Waals surface area contributed by atoms with E-state index >= 15 is 0 Å². The van der Waals surface area contributed by atoms with E-state index in [9.17, 15) is 29.8 Å². The average Bonchev–Trinajstić information content (AvgIpc) is 2.77. The standard InChI is InChI=1S/C20H22N4O8/c1-13(31-17-7-3-15(4-8-17)23(27)28)19(25)21-11-12-22-20(26)14(2)32-18-9-5-16(6-10-18)24(29)30/h3-10,13-14H,11-12H2,1-2H3,(H,21,25)(H,22,26). The van der Waals surface area contributed by atoms with Gasteiger partial charge in [-0.1, -0.05) is 0 Å². The minimum Gasteiger partial charge on any atom is -0.481 e. The Morgan fingerprint density at radius 1 is 0.750 bits per heavy atom. The molecule has 12 nitrogen and oxygen atoms in total. The lowest BCUT2D eigenvalue weighted by molar-refractivity contribution is -0.385. The van der Waals surface area contributed by atoms with Crippen LogP contribution in [-0.4, -0.2) is 47.0 Å². The van der Waals surface area contributed by atoms with Crippen LogP contribution in [0.25, 0.3) is 0 Å². The Kier molecular flexibility index (Phi) is 8.45. The summed E-state index contributed by atoms with van der Waals surface area (Å²) < 4.78 is 10.9. The van der Waals surface area contributed by atoms with Gasteiger partial charge in [0.05, 0.1) is 9.85 Å². The van der Waals surface area contributed by atoms with Gasteiger partial charge in [0.25, 0.3) is 23.2 Å².